The lowest BCUT2D eigenvalue weighted by Crippen LogP contribution is -2.10. The summed E-state index contributed by atoms with van der Waals surface area (Å²) in [7, 11) is 0. The average molecular weight is 181 g/mol. The summed E-state index contributed by atoms with van der Waals surface area (Å²) in [5, 5.41) is 0. The van der Waals surface area contributed by atoms with Gasteiger partial charge in [-0.1, -0.05) is 13.3 Å². The number of hydrogen-bond donors (Lipinski definition) is 0. The molecule has 0 aliphatic carbocycles. The van der Waals surface area contributed by atoms with E-state index in [1.54, 1.807) is 6.20 Å². The number of unbranched alkanes of at least 4 members (excludes halogenated alkanes) is 1. The van der Waals surface area contributed by atoms with E-state index in [4.69, 9.17) is 4.74 Å². The smallest absolute Gasteiger partial charge is 0.335 e. The molecule has 0 saturated heterocycles. The molecule has 0 N–H and O–H groups in total. The van der Waals surface area contributed by atoms with E-state index in [1.165, 1.54) is 0 Å². The van der Waals surface area contributed by atoms with Gasteiger partial charge in [-0.15, -0.1) is 0 Å². The number of rotatable bonds is 4. The minimum atomic E-state index is -0.203. The first-order chi connectivity index (χ1) is 6.34. The first-order valence-corrected chi connectivity index (χ1v) is 4.72. The Labute approximate surface area is 78.5 Å². The molecule has 0 aromatic heterocycles. The first-order valence-electron chi connectivity index (χ1n) is 4.72. The molecule has 3 heteroatoms. The highest BCUT2D eigenvalue weighted by Gasteiger charge is 2.11. The van der Waals surface area contributed by atoms with Crippen molar-refractivity contribution in [3.8, 4) is 0 Å². The second-order valence-corrected chi connectivity index (χ2v) is 3.01. The van der Waals surface area contributed by atoms with Crippen LogP contribution in [0.25, 0.3) is 0 Å². The van der Waals surface area contributed by atoms with Crippen LogP contribution in [0.2, 0.25) is 0 Å². The lowest BCUT2D eigenvalue weighted by molar-refractivity contribution is -0.139. The van der Waals surface area contributed by atoms with Gasteiger partial charge >= 0.3 is 5.97 Å². The van der Waals surface area contributed by atoms with Crippen LogP contribution in [0.3, 0.4) is 0 Å². The summed E-state index contributed by atoms with van der Waals surface area (Å²) < 4.78 is 5.04. The first kappa shape index (κ1) is 9.96. The van der Waals surface area contributed by atoms with Crippen molar-refractivity contribution in [2.45, 2.75) is 32.6 Å². The molecule has 0 saturated carbocycles. The molecule has 1 heterocycles. The van der Waals surface area contributed by atoms with Gasteiger partial charge in [-0.3, -0.25) is 4.99 Å². The third-order valence-electron chi connectivity index (χ3n) is 1.87. The largest absolute Gasteiger partial charge is 0.462 e. The highest BCUT2D eigenvalue weighted by molar-refractivity contribution is 5.89. The Morgan fingerprint density at radius 3 is 3.15 bits per heavy atom. The zero-order chi connectivity index (χ0) is 9.52. The predicted octanol–water partition coefficient (Wildman–Crippen LogP) is 2.08. The van der Waals surface area contributed by atoms with Gasteiger partial charge in [-0.05, 0) is 19.3 Å². The SMILES string of the molecule is CCCCOC(=O)C1=CN=CCC1. The molecule has 0 fully saturated rings. The van der Waals surface area contributed by atoms with E-state index in [1.807, 2.05) is 6.21 Å². The standard InChI is InChI=1S/C10H15NO2/c1-2-3-7-13-10(12)9-5-4-6-11-8-9/h6,8H,2-5,7H2,1H3. The summed E-state index contributed by atoms with van der Waals surface area (Å²) in [6.07, 6.45) is 6.98. The van der Waals surface area contributed by atoms with Gasteiger partial charge in [0.1, 0.15) is 0 Å². The van der Waals surface area contributed by atoms with Crippen LogP contribution in [0.5, 0.6) is 0 Å². The van der Waals surface area contributed by atoms with Crippen molar-refractivity contribution >= 4 is 12.2 Å². The highest BCUT2D eigenvalue weighted by atomic mass is 16.5. The molecule has 0 bridgehead atoms. The van der Waals surface area contributed by atoms with Crippen molar-refractivity contribution in [3.05, 3.63) is 11.8 Å². The molecule has 0 aromatic carbocycles. The van der Waals surface area contributed by atoms with Gasteiger partial charge in [0, 0.05) is 12.4 Å². The van der Waals surface area contributed by atoms with Gasteiger partial charge in [-0.25, -0.2) is 4.79 Å². The summed E-state index contributed by atoms with van der Waals surface area (Å²) in [5.74, 6) is -0.203. The van der Waals surface area contributed by atoms with E-state index >= 15 is 0 Å². The molecule has 13 heavy (non-hydrogen) atoms. The minimum absolute atomic E-state index is 0.203. The minimum Gasteiger partial charge on any atom is -0.462 e. The van der Waals surface area contributed by atoms with Crippen LogP contribution in [-0.2, 0) is 9.53 Å². The second kappa shape index (κ2) is 5.51. The number of carbonyl (C=O) groups excluding carboxylic acids is 1. The van der Waals surface area contributed by atoms with Gasteiger partial charge in [0.05, 0.1) is 12.2 Å². The lowest BCUT2D eigenvalue weighted by Gasteiger charge is -2.07. The van der Waals surface area contributed by atoms with E-state index in [9.17, 15) is 4.79 Å². The molecule has 0 aromatic rings. The van der Waals surface area contributed by atoms with Crippen LogP contribution in [-0.4, -0.2) is 18.8 Å². The molecule has 1 aliphatic rings. The summed E-state index contributed by atoms with van der Waals surface area (Å²) in [4.78, 5) is 15.2. The van der Waals surface area contributed by atoms with E-state index in [0.717, 1.165) is 25.7 Å². The second-order valence-electron chi connectivity index (χ2n) is 3.01. The van der Waals surface area contributed by atoms with Gasteiger partial charge in [0.15, 0.2) is 0 Å². The molecular formula is C10H15NO2. The lowest BCUT2D eigenvalue weighted by atomic mass is 10.1. The van der Waals surface area contributed by atoms with Crippen LogP contribution >= 0.6 is 0 Å². The zero-order valence-electron chi connectivity index (χ0n) is 7.95. The van der Waals surface area contributed by atoms with Gasteiger partial charge in [-0.2, -0.15) is 0 Å². The molecule has 72 valence electrons. The van der Waals surface area contributed by atoms with Crippen LogP contribution in [0.4, 0.5) is 0 Å². The van der Waals surface area contributed by atoms with Crippen LogP contribution in [0, 0.1) is 0 Å². The molecule has 0 radical (unpaired) electrons. The van der Waals surface area contributed by atoms with Crippen molar-refractivity contribution < 1.29 is 9.53 Å². The molecule has 0 amide bonds. The maximum absolute atomic E-state index is 11.3. The molecular weight excluding hydrogens is 166 g/mol. The fourth-order valence-electron chi connectivity index (χ4n) is 1.06. The maximum Gasteiger partial charge on any atom is 0.335 e. The van der Waals surface area contributed by atoms with Crippen molar-refractivity contribution in [2.24, 2.45) is 4.99 Å². The Morgan fingerprint density at radius 2 is 2.54 bits per heavy atom. The zero-order valence-corrected chi connectivity index (χ0v) is 7.95. The monoisotopic (exact) mass is 181 g/mol. The predicted molar refractivity (Wildman–Crippen MR) is 51.7 cm³/mol. The number of carbonyl (C=O) groups is 1. The Hall–Kier alpha value is -1.12. The Bertz CT molecular complexity index is 231. The third kappa shape index (κ3) is 3.40. The van der Waals surface area contributed by atoms with Crippen LogP contribution in [0.15, 0.2) is 16.8 Å². The Balaban J connectivity index is 2.30. The van der Waals surface area contributed by atoms with Crippen LogP contribution in [0.1, 0.15) is 32.6 Å². The molecule has 1 aliphatic heterocycles. The summed E-state index contributed by atoms with van der Waals surface area (Å²) >= 11 is 0. The van der Waals surface area contributed by atoms with Crippen molar-refractivity contribution in [1.82, 2.24) is 0 Å². The maximum atomic E-state index is 11.3. The fraction of sp³-hybridized carbons (Fsp3) is 0.600. The molecule has 1 rings (SSSR count). The van der Waals surface area contributed by atoms with Gasteiger partial charge in [0.25, 0.3) is 0 Å². The molecule has 0 unspecified atom stereocenters. The Morgan fingerprint density at radius 1 is 1.69 bits per heavy atom. The summed E-state index contributed by atoms with van der Waals surface area (Å²) in [6.45, 7) is 2.59. The number of nitrogens with zero attached hydrogens (tertiary/aromatic N) is 1. The van der Waals surface area contributed by atoms with Gasteiger partial charge < -0.3 is 4.74 Å². The number of aliphatic imine (C=N–C) groups is 1. The topological polar surface area (TPSA) is 38.7 Å². The molecule has 0 spiro atoms. The van der Waals surface area contributed by atoms with E-state index in [0.29, 0.717) is 12.2 Å². The number of hydrogen-bond acceptors (Lipinski definition) is 3. The van der Waals surface area contributed by atoms with Crippen molar-refractivity contribution in [1.29, 1.82) is 0 Å². The van der Waals surface area contributed by atoms with Gasteiger partial charge in [0.2, 0.25) is 0 Å². The summed E-state index contributed by atoms with van der Waals surface area (Å²) in [5.41, 5.74) is 0.693. The third-order valence-corrected chi connectivity index (χ3v) is 1.87. The van der Waals surface area contributed by atoms with E-state index in [-0.39, 0.29) is 5.97 Å². The summed E-state index contributed by atoms with van der Waals surface area (Å²) in [6, 6.07) is 0. The van der Waals surface area contributed by atoms with Crippen LogP contribution < -0.4 is 0 Å². The normalized spacial score (nSPS) is 15.3. The number of ether oxygens (including phenoxy) is 1. The van der Waals surface area contributed by atoms with Crippen molar-refractivity contribution in [3.63, 3.8) is 0 Å². The molecule has 0 atom stereocenters. The quantitative estimate of drug-likeness (QED) is 0.492. The van der Waals surface area contributed by atoms with E-state index < -0.39 is 0 Å². The van der Waals surface area contributed by atoms with E-state index in [2.05, 4.69) is 11.9 Å². The molecule has 3 nitrogen and oxygen atoms in total. The van der Waals surface area contributed by atoms with Crippen molar-refractivity contribution in [2.75, 3.05) is 6.61 Å². The average Bonchev–Trinajstić information content (AvgIpc) is 2.19. The highest BCUT2D eigenvalue weighted by Crippen LogP contribution is 2.10. The fourth-order valence-corrected chi connectivity index (χ4v) is 1.06. The Kier molecular flexibility index (Phi) is 4.23. The number of esters is 1.